The number of nitrogens with zero attached hydrogens (tertiary/aromatic N) is 1. The summed E-state index contributed by atoms with van der Waals surface area (Å²) in [5, 5.41) is 2.81. The van der Waals surface area contributed by atoms with E-state index in [1.54, 1.807) is 0 Å². The fourth-order valence-corrected chi connectivity index (χ4v) is 3.48. The first-order valence-electron chi connectivity index (χ1n) is 10.6. The van der Waals surface area contributed by atoms with Gasteiger partial charge in [0.15, 0.2) is 0 Å². The van der Waals surface area contributed by atoms with Crippen molar-refractivity contribution in [3.05, 3.63) is 35.9 Å². The first-order chi connectivity index (χ1) is 13.7. The molecular weight excluding hydrogens is 368 g/mol. The molecule has 0 aromatic heterocycles. The third-order valence-corrected chi connectivity index (χ3v) is 5.23. The molecule has 0 radical (unpaired) electrons. The van der Waals surface area contributed by atoms with E-state index in [1.807, 2.05) is 69.9 Å². The Hall–Kier alpha value is -2.08. The second-order valence-corrected chi connectivity index (χ2v) is 8.84. The van der Waals surface area contributed by atoms with Crippen LogP contribution in [0, 0.1) is 5.92 Å². The first kappa shape index (κ1) is 23.2. The van der Waals surface area contributed by atoms with Gasteiger partial charge in [-0.1, -0.05) is 50.6 Å². The lowest BCUT2D eigenvalue weighted by atomic mass is 9.97. The van der Waals surface area contributed by atoms with Gasteiger partial charge in [-0.3, -0.25) is 4.79 Å². The Kier molecular flexibility index (Phi) is 8.50. The van der Waals surface area contributed by atoms with Crippen LogP contribution in [0.1, 0.15) is 59.4 Å². The van der Waals surface area contributed by atoms with Gasteiger partial charge >= 0.3 is 6.09 Å². The van der Waals surface area contributed by atoms with Gasteiger partial charge in [0.1, 0.15) is 11.6 Å². The molecule has 1 saturated heterocycles. The number of hydrogen-bond acceptors (Lipinski definition) is 4. The Morgan fingerprint density at radius 1 is 1.24 bits per heavy atom. The highest BCUT2D eigenvalue weighted by Crippen LogP contribution is 2.22. The zero-order valence-electron chi connectivity index (χ0n) is 18.4. The molecule has 1 aromatic rings. The minimum atomic E-state index is -0.603. The maximum atomic E-state index is 13.3. The predicted octanol–water partition coefficient (Wildman–Crippen LogP) is 4.13. The highest BCUT2D eigenvalue weighted by atomic mass is 16.6. The van der Waals surface area contributed by atoms with Gasteiger partial charge in [0.25, 0.3) is 0 Å². The third kappa shape index (κ3) is 7.35. The minimum absolute atomic E-state index is 0.0153. The number of benzene rings is 1. The molecule has 2 amide bonds. The van der Waals surface area contributed by atoms with Crippen LogP contribution in [0.25, 0.3) is 0 Å². The molecule has 0 spiro atoms. The van der Waals surface area contributed by atoms with Gasteiger partial charge in [-0.25, -0.2) is 4.79 Å². The van der Waals surface area contributed by atoms with Crippen molar-refractivity contribution in [2.24, 2.45) is 5.92 Å². The van der Waals surface area contributed by atoms with Crippen LogP contribution < -0.4 is 5.32 Å². The predicted molar refractivity (Wildman–Crippen MR) is 113 cm³/mol. The molecule has 162 valence electrons. The molecule has 0 aliphatic carbocycles. The summed E-state index contributed by atoms with van der Waals surface area (Å²) in [6, 6.07) is 9.46. The van der Waals surface area contributed by atoms with Crippen molar-refractivity contribution in [2.45, 2.75) is 78.2 Å². The van der Waals surface area contributed by atoms with Gasteiger partial charge in [-0.15, -0.1) is 0 Å². The van der Waals surface area contributed by atoms with Crippen molar-refractivity contribution in [3.8, 4) is 0 Å². The summed E-state index contributed by atoms with van der Waals surface area (Å²) in [4.78, 5) is 27.5. The van der Waals surface area contributed by atoms with Crippen LogP contribution in [0.3, 0.4) is 0 Å². The number of amides is 2. The van der Waals surface area contributed by atoms with E-state index in [0.29, 0.717) is 19.8 Å². The molecule has 1 aliphatic heterocycles. The van der Waals surface area contributed by atoms with Crippen molar-refractivity contribution < 1.29 is 19.1 Å². The van der Waals surface area contributed by atoms with Crippen LogP contribution >= 0.6 is 0 Å². The fraction of sp³-hybridized carbons (Fsp3) is 0.652. The van der Waals surface area contributed by atoms with E-state index < -0.39 is 17.7 Å². The average molecular weight is 405 g/mol. The molecule has 1 fully saturated rings. The molecule has 29 heavy (non-hydrogen) atoms. The number of hydrogen-bond donors (Lipinski definition) is 1. The number of likely N-dealkylation sites (tertiary alicyclic amines) is 1. The van der Waals surface area contributed by atoms with E-state index in [1.165, 1.54) is 0 Å². The quantitative estimate of drug-likeness (QED) is 0.707. The van der Waals surface area contributed by atoms with Gasteiger partial charge in [0.2, 0.25) is 5.91 Å². The van der Waals surface area contributed by atoms with Crippen molar-refractivity contribution >= 4 is 12.0 Å². The summed E-state index contributed by atoms with van der Waals surface area (Å²) < 4.78 is 11.3. The molecule has 1 heterocycles. The maximum absolute atomic E-state index is 13.3. The van der Waals surface area contributed by atoms with Crippen molar-refractivity contribution in [1.29, 1.82) is 0 Å². The summed E-state index contributed by atoms with van der Waals surface area (Å²) in [7, 11) is 0. The highest BCUT2D eigenvalue weighted by molar-refractivity contribution is 5.86. The Morgan fingerprint density at radius 2 is 1.93 bits per heavy atom. The molecule has 6 nitrogen and oxygen atoms in total. The van der Waals surface area contributed by atoms with Gasteiger partial charge in [-0.2, -0.15) is 0 Å². The smallest absolute Gasteiger partial charge is 0.408 e. The van der Waals surface area contributed by atoms with E-state index in [-0.39, 0.29) is 17.9 Å². The molecule has 0 bridgehead atoms. The minimum Gasteiger partial charge on any atom is -0.444 e. The van der Waals surface area contributed by atoms with Crippen molar-refractivity contribution in [3.63, 3.8) is 0 Å². The largest absolute Gasteiger partial charge is 0.444 e. The Bertz CT molecular complexity index is 657. The highest BCUT2D eigenvalue weighted by Gasteiger charge is 2.36. The lowest BCUT2D eigenvalue weighted by Crippen LogP contribution is -2.54. The normalized spacial score (nSPS) is 18.9. The molecule has 0 saturated carbocycles. The molecule has 3 atom stereocenters. The standard InChI is InChI=1S/C23H36N2O4/c1-6-17(2)20(24-22(27)29-23(3,4)5)21(26)25-14-10-13-19(25)16-28-15-18-11-8-7-9-12-18/h7-9,11-12,17,19-20H,6,10,13-16H2,1-5H3,(H,24,27). The number of carbonyl (C=O) groups is 2. The van der Waals surface area contributed by atoms with Gasteiger partial charge in [0, 0.05) is 6.54 Å². The van der Waals surface area contributed by atoms with Gasteiger partial charge in [0.05, 0.1) is 19.3 Å². The van der Waals surface area contributed by atoms with Crippen LogP contribution in [0.2, 0.25) is 0 Å². The topological polar surface area (TPSA) is 67.9 Å². The summed E-state index contributed by atoms with van der Waals surface area (Å²) in [6.07, 6.45) is 2.10. The second kappa shape index (κ2) is 10.6. The lowest BCUT2D eigenvalue weighted by molar-refractivity contribution is -0.136. The number of nitrogens with one attached hydrogen (secondary N) is 1. The van der Waals surface area contributed by atoms with Crippen LogP contribution in [0.5, 0.6) is 0 Å². The van der Waals surface area contributed by atoms with E-state index in [0.717, 1.165) is 24.8 Å². The number of rotatable bonds is 8. The lowest BCUT2D eigenvalue weighted by Gasteiger charge is -2.32. The van der Waals surface area contributed by atoms with Crippen LogP contribution in [0.4, 0.5) is 4.79 Å². The van der Waals surface area contributed by atoms with Gasteiger partial charge in [-0.05, 0) is 45.1 Å². The molecule has 6 heteroatoms. The SMILES string of the molecule is CCC(C)C(NC(=O)OC(C)(C)C)C(=O)N1CCCC1COCc1ccccc1. The zero-order valence-corrected chi connectivity index (χ0v) is 18.4. The number of alkyl carbamates (subject to hydrolysis) is 1. The Morgan fingerprint density at radius 3 is 2.55 bits per heavy atom. The van der Waals surface area contributed by atoms with E-state index in [9.17, 15) is 9.59 Å². The van der Waals surface area contributed by atoms with E-state index in [2.05, 4.69) is 5.32 Å². The summed E-state index contributed by atoms with van der Waals surface area (Å²) in [6.45, 7) is 11.2. The molecule has 1 aliphatic rings. The Labute approximate surface area is 174 Å². The van der Waals surface area contributed by atoms with Gasteiger partial charge < -0.3 is 19.7 Å². The summed E-state index contributed by atoms with van der Waals surface area (Å²) >= 11 is 0. The molecular formula is C23H36N2O4. The van der Waals surface area contributed by atoms with E-state index in [4.69, 9.17) is 9.47 Å². The third-order valence-electron chi connectivity index (χ3n) is 5.23. The summed E-state index contributed by atoms with van der Waals surface area (Å²) in [5.41, 5.74) is 0.515. The maximum Gasteiger partial charge on any atom is 0.408 e. The molecule has 2 rings (SSSR count). The monoisotopic (exact) mass is 404 g/mol. The van der Waals surface area contributed by atoms with Crippen LogP contribution in [-0.4, -0.2) is 47.7 Å². The van der Waals surface area contributed by atoms with Crippen molar-refractivity contribution in [1.82, 2.24) is 10.2 Å². The van der Waals surface area contributed by atoms with Crippen LogP contribution in [0.15, 0.2) is 30.3 Å². The van der Waals surface area contributed by atoms with Crippen LogP contribution in [-0.2, 0) is 20.9 Å². The zero-order chi connectivity index (χ0) is 21.4. The molecule has 3 unspecified atom stereocenters. The second-order valence-electron chi connectivity index (χ2n) is 8.84. The van der Waals surface area contributed by atoms with E-state index >= 15 is 0 Å². The molecule has 1 aromatic carbocycles. The fourth-order valence-electron chi connectivity index (χ4n) is 3.48. The number of carbonyl (C=O) groups excluding carboxylic acids is 2. The average Bonchev–Trinajstić information content (AvgIpc) is 3.13. The Balaban J connectivity index is 1.97. The number of ether oxygens (including phenoxy) is 2. The first-order valence-corrected chi connectivity index (χ1v) is 10.6. The van der Waals surface area contributed by atoms with Crippen molar-refractivity contribution in [2.75, 3.05) is 13.2 Å². The summed E-state index contributed by atoms with van der Waals surface area (Å²) in [5.74, 6) is -0.0301. The molecule has 1 N–H and O–H groups in total.